The number of carbonyl (C=O) groups is 2. The summed E-state index contributed by atoms with van der Waals surface area (Å²) in [6.07, 6.45) is 0.710. The molecule has 0 radical (unpaired) electrons. The summed E-state index contributed by atoms with van der Waals surface area (Å²) in [5.74, 6) is -0.678. The molecule has 3 aromatic rings. The van der Waals surface area contributed by atoms with Crippen LogP contribution in [0.1, 0.15) is 30.5 Å². The molecule has 0 saturated carbocycles. The largest absolute Gasteiger partial charge is 0.507 e. The molecule has 0 aliphatic carbocycles. The third kappa shape index (κ3) is 4.54. The van der Waals surface area contributed by atoms with Crippen LogP contribution in [0.2, 0.25) is 0 Å². The zero-order chi connectivity index (χ0) is 24.2. The lowest BCUT2D eigenvalue weighted by atomic mass is 9.93. The van der Waals surface area contributed by atoms with Crippen LogP contribution >= 0.6 is 0 Å². The Morgan fingerprint density at radius 3 is 2.41 bits per heavy atom. The Labute approximate surface area is 200 Å². The molecule has 0 bridgehead atoms. The number of nitrogens with zero attached hydrogens (tertiary/aromatic N) is 2. The molecule has 1 unspecified atom stereocenters. The van der Waals surface area contributed by atoms with Crippen LogP contribution in [0.25, 0.3) is 16.5 Å². The Kier molecular flexibility index (Phi) is 6.98. The number of hydrogen-bond acceptors (Lipinski definition) is 5. The number of rotatable bonds is 8. The van der Waals surface area contributed by atoms with Gasteiger partial charge in [0.05, 0.1) is 18.2 Å². The average Bonchev–Trinajstić information content (AvgIpc) is 3.09. The van der Waals surface area contributed by atoms with Gasteiger partial charge in [-0.15, -0.1) is 0 Å². The molecular formula is C28H30N2O4. The Hall–Kier alpha value is -3.64. The number of fused-ring (bicyclic) bond motifs is 1. The van der Waals surface area contributed by atoms with Crippen LogP contribution in [-0.2, 0) is 9.59 Å². The molecule has 1 aliphatic heterocycles. The van der Waals surface area contributed by atoms with Crippen molar-refractivity contribution in [1.82, 2.24) is 9.80 Å². The predicted octanol–water partition coefficient (Wildman–Crippen LogP) is 4.61. The highest BCUT2D eigenvalue weighted by molar-refractivity contribution is 6.46. The van der Waals surface area contributed by atoms with Crippen molar-refractivity contribution in [1.29, 1.82) is 0 Å². The normalized spacial score (nSPS) is 17.6. The maximum atomic E-state index is 13.3. The summed E-state index contributed by atoms with van der Waals surface area (Å²) in [6.45, 7) is 3.65. The number of carbonyl (C=O) groups excluding carboxylic acids is 2. The molecule has 1 N–H and O–H groups in total. The van der Waals surface area contributed by atoms with Crippen molar-refractivity contribution in [3.63, 3.8) is 0 Å². The topological polar surface area (TPSA) is 70.1 Å². The SMILES string of the molecule is CCOc1ccc(C2/C(=C(/O)c3cccc4ccccc34)C(=O)C(=O)N2CCCN(C)C)cc1. The number of Topliss-reactive ketones (excluding diaryl/α,β-unsaturated/α-hetero) is 1. The minimum absolute atomic E-state index is 0.121. The molecule has 176 valence electrons. The first-order chi connectivity index (χ1) is 16.4. The van der Waals surface area contributed by atoms with Gasteiger partial charge in [-0.2, -0.15) is 0 Å². The minimum atomic E-state index is -0.670. The second-order valence-corrected chi connectivity index (χ2v) is 8.68. The summed E-state index contributed by atoms with van der Waals surface area (Å²) < 4.78 is 5.56. The van der Waals surface area contributed by atoms with Gasteiger partial charge in [-0.25, -0.2) is 0 Å². The van der Waals surface area contributed by atoms with E-state index in [4.69, 9.17) is 4.74 Å². The van der Waals surface area contributed by atoms with Crippen molar-refractivity contribution in [3.8, 4) is 5.75 Å². The molecule has 0 spiro atoms. The van der Waals surface area contributed by atoms with Gasteiger partial charge in [0.25, 0.3) is 11.7 Å². The van der Waals surface area contributed by atoms with Crippen LogP contribution in [-0.4, -0.2) is 60.4 Å². The van der Waals surface area contributed by atoms with E-state index in [-0.39, 0.29) is 11.3 Å². The van der Waals surface area contributed by atoms with Gasteiger partial charge < -0.3 is 19.6 Å². The summed E-state index contributed by atoms with van der Waals surface area (Å²) >= 11 is 0. The third-order valence-electron chi connectivity index (χ3n) is 6.10. The van der Waals surface area contributed by atoms with Crippen LogP contribution in [0.3, 0.4) is 0 Å². The van der Waals surface area contributed by atoms with Gasteiger partial charge in [0.15, 0.2) is 0 Å². The molecule has 4 rings (SSSR count). The maximum absolute atomic E-state index is 13.3. The lowest BCUT2D eigenvalue weighted by molar-refractivity contribution is -0.139. The number of aliphatic hydroxyl groups is 1. The summed E-state index contributed by atoms with van der Waals surface area (Å²) in [5, 5.41) is 13.2. The van der Waals surface area contributed by atoms with Crippen LogP contribution in [0.4, 0.5) is 0 Å². The van der Waals surface area contributed by atoms with Gasteiger partial charge in [0.1, 0.15) is 11.5 Å². The molecule has 1 fully saturated rings. The number of likely N-dealkylation sites (tertiary alicyclic amines) is 1. The highest BCUT2D eigenvalue weighted by Gasteiger charge is 2.45. The van der Waals surface area contributed by atoms with E-state index >= 15 is 0 Å². The smallest absolute Gasteiger partial charge is 0.295 e. The molecule has 1 saturated heterocycles. The zero-order valence-electron chi connectivity index (χ0n) is 19.8. The van der Waals surface area contributed by atoms with Crippen LogP contribution in [0.5, 0.6) is 5.75 Å². The van der Waals surface area contributed by atoms with Crippen molar-refractivity contribution in [2.45, 2.75) is 19.4 Å². The second kappa shape index (κ2) is 10.1. The predicted molar refractivity (Wildman–Crippen MR) is 134 cm³/mol. The van der Waals surface area contributed by atoms with E-state index in [1.165, 1.54) is 0 Å². The highest BCUT2D eigenvalue weighted by Crippen LogP contribution is 2.41. The molecule has 6 nitrogen and oxygen atoms in total. The van der Waals surface area contributed by atoms with Gasteiger partial charge in [0, 0.05) is 12.1 Å². The van der Waals surface area contributed by atoms with Crippen LogP contribution < -0.4 is 4.74 Å². The number of hydrogen-bond donors (Lipinski definition) is 1. The quantitative estimate of drug-likeness (QED) is 0.303. The first kappa shape index (κ1) is 23.5. The van der Waals surface area contributed by atoms with Gasteiger partial charge >= 0.3 is 0 Å². The Bertz CT molecular complexity index is 1230. The monoisotopic (exact) mass is 458 g/mol. The highest BCUT2D eigenvalue weighted by atomic mass is 16.5. The third-order valence-corrected chi connectivity index (χ3v) is 6.10. The number of benzene rings is 3. The van der Waals surface area contributed by atoms with Crippen molar-refractivity contribution >= 4 is 28.2 Å². The lowest BCUT2D eigenvalue weighted by Gasteiger charge is -2.26. The summed E-state index contributed by atoms with van der Waals surface area (Å²) in [7, 11) is 3.94. The standard InChI is InChI=1S/C28H30N2O4/c1-4-34-21-15-13-20(14-16-21)25-24(27(32)28(33)30(25)18-8-17-29(2)3)26(31)23-12-7-10-19-9-5-6-11-22(19)23/h5-7,9-16,25,31H,4,8,17-18H2,1-3H3/b26-24-. The van der Waals surface area contributed by atoms with Gasteiger partial charge in [0.2, 0.25) is 0 Å². The van der Waals surface area contributed by atoms with Crippen molar-refractivity contribution in [2.75, 3.05) is 33.8 Å². The lowest BCUT2D eigenvalue weighted by Crippen LogP contribution is -2.32. The van der Waals surface area contributed by atoms with E-state index in [1.807, 2.05) is 86.6 Å². The van der Waals surface area contributed by atoms with Crippen molar-refractivity contribution in [3.05, 3.63) is 83.4 Å². The Morgan fingerprint density at radius 2 is 1.71 bits per heavy atom. The number of ketones is 1. The van der Waals surface area contributed by atoms with E-state index in [1.54, 1.807) is 11.0 Å². The Morgan fingerprint density at radius 1 is 1.00 bits per heavy atom. The first-order valence-corrected chi connectivity index (χ1v) is 11.6. The summed E-state index contributed by atoms with van der Waals surface area (Å²) in [6, 6.07) is 20.0. The first-order valence-electron chi connectivity index (χ1n) is 11.6. The minimum Gasteiger partial charge on any atom is -0.507 e. The van der Waals surface area contributed by atoms with Crippen molar-refractivity contribution < 1.29 is 19.4 Å². The number of aliphatic hydroxyl groups excluding tert-OH is 1. The van der Waals surface area contributed by atoms with E-state index in [0.29, 0.717) is 30.9 Å². The molecule has 6 heteroatoms. The van der Waals surface area contributed by atoms with Crippen LogP contribution in [0.15, 0.2) is 72.3 Å². The average molecular weight is 459 g/mol. The van der Waals surface area contributed by atoms with Crippen molar-refractivity contribution in [2.24, 2.45) is 0 Å². The fourth-order valence-electron chi connectivity index (χ4n) is 4.50. The molecule has 1 aliphatic rings. The van der Waals surface area contributed by atoms with E-state index in [0.717, 1.165) is 22.9 Å². The van der Waals surface area contributed by atoms with E-state index in [2.05, 4.69) is 0 Å². The fourth-order valence-corrected chi connectivity index (χ4v) is 4.50. The fraction of sp³-hybridized carbons (Fsp3) is 0.286. The maximum Gasteiger partial charge on any atom is 0.295 e. The summed E-state index contributed by atoms with van der Waals surface area (Å²) in [4.78, 5) is 30.0. The molecule has 1 heterocycles. The Balaban J connectivity index is 1.84. The van der Waals surface area contributed by atoms with E-state index < -0.39 is 17.7 Å². The molecule has 1 amide bonds. The molecule has 1 atom stereocenters. The second-order valence-electron chi connectivity index (χ2n) is 8.68. The molecule has 34 heavy (non-hydrogen) atoms. The molecule has 0 aromatic heterocycles. The van der Waals surface area contributed by atoms with E-state index in [9.17, 15) is 14.7 Å². The molecule has 3 aromatic carbocycles. The zero-order valence-corrected chi connectivity index (χ0v) is 19.8. The number of amides is 1. The van der Waals surface area contributed by atoms with Gasteiger partial charge in [-0.1, -0.05) is 54.6 Å². The van der Waals surface area contributed by atoms with Crippen LogP contribution in [0, 0.1) is 0 Å². The molecular weight excluding hydrogens is 428 g/mol. The summed E-state index contributed by atoms with van der Waals surface area (Å²) in [5.41, 5.74) is 1.42. The van der Waals surface area contributed by atoms with Gasteiger partial charge in [-0.05, 0) is 62.5 Å². The van der Waals surface area contributed by atoms with Gasteiger partial charge in [-0.3, -0.25) is 9.59 Å². The number of ether oxygens (including phenoxy) is 1.